The molecule has 4 heteroatoms. The molecule has 1 aromatic rings. The molecule has 1 saturated heterocycles. The van der Waals surface area contributed by atoms with Crippen LogP contribution in [0.5, 0.6) is 5.75 Å². The Labute approximate surface area is 107 Å². The van der Waals surface area contributed by atoms with E-state index < -0.39 is 6.10 Å². The van der Waals surface area contributed by atoms with Crippen LogP contribution in [0.1, 0.15) is 18.4 Å². The summed E-state index contributed by atoms with van der Waals surface area (Å²) in [6.45, 7) is 1.39. The topological polar surface area (TPSA) is 38.7 Å². The summed E-state index contributed by atoms with van der Waals surface area (Å²) >= 11 is 0. The first-order chi connectivity index (χ1) is 8.70. The van der Waals surface area contributed by atoms with Gasteiger partial charge in [0, 0.05) is 19.6 Å². The molecule has 0 amide bonds. The van der Waals surface area contributed by atoms with E-state index in [9.17, 15) is 9.50 Å². The summed E-state index contributed by atoms with van der Waals surface area (Å²) in [5.41, 5.74) is 0.719. The SMILES string of the molecule is COc1ccc(F)cc1C[C@@H](O)C1CCOCC1. The van der Waals surface area contributed by atoms with E-state index in [1.165, 1.54) is 12.1 Å². The number of aliphatic hydroxyl groups excluding tert-OH is 1. The van der Waals surface area contributed by atoms with Crippen LogP contribution in [-0.4, -0.2) is 31.5 Å². The van der Waals surface area contributed by atoms with Crippen molar-refractivity contribution in [3.8, 4) is 5.75 Å². The van der Waals surface area contributed by atoms with E-state index in [4.69, 9.17) is 9.47 Å². The minimum absolute atomic E-state index is 0.228. The molecular weight excluding hydrogens is 235 g/mol. The van der Waals surface area contributed by atoms with Crippen LogP contribution in [0.15, 0.2) is 18.2 Å². The largest absolute Gasteiger partial charge is 0.496 e. The van der Waals surface area contributed by atoms with Gasteiger partial charge in [-0.1, -0.05) is 0 Å². The lowest BCUT2D eigenvalue weighted by Gasteiger charge is -2.27. The van der Waals surface area contributed by atoms with Crippen LogP contribution in [0.4, 0.5) is 4.39 Å². The first-order valence-corrected chi connectivity index (χ1v) is 6.29. The normalized spacial score (nSPS) is 18.6. The van der Waals surface area contributed by atoms with E-state index in [0.29, 0.717) is 25.4 Å². The van der Waals surface area contributed by atoms with Crippen molar-refractivity contribution in [3.05, 3.63) is 29.6 Å². The fourth-order valence-electron chi connectivity index (χ4n) is 2.40. The van der Waals surface area contributed by atoms with Crippen molar-refractivity contribution in [3.63, 3.8) is 0 Å². The minimum Gasteiger partial charge on any atom is -0.496 e. The molecule has 1 atom stereocenters. The number of benzene rings is 1. The van der Waals surface area contributed by atoms with Gasteiger partial charge in [-0.2, -0.15) is 0 Å². The van der Waals surface area contributed by atoms with Gasteiger partial charge < -0.3 is 14.6 Å². The molecule has 0 spiro atoms. The molecule has 0 saturated carbocycles. The monoisotopic (exact) mass is 254 g/mol. The van der Waals surface area contributed by atoms with Crippen LogP contribution in [0, 0.1) is 11.7 Å². The summed E-state index contributed by atoms with van der Waals surface area (Å²) in [5, 5.41) is 10.2. The van der Waals surface area contributed by atoms with E-state index in [0.717, 1.165) is 18.4 Å². The molecule has 2 rings (SSSR count). The first kappa shape index (κ1) is 13.3. The van der Waals surface area contributed by atoms with Gasteiger partial charge in [0.05, 0.1) is 13.2 Å². The molecule has 0 bridgehead atoms. The van der Waals surface area contributed by atoms with Crippen LogP contribution in [0.2, 0.25) is 0 Å². The maximum absolute atomic E-state index is 13.2. The number of halogens is 1. The van der Waals surface area contributed by atoms with Crippen molar-refractivity contribution >= 4 is 0 Å². The van der Waals surface area contributed by atoms with Crippen LogP contribution >= 0.6 is 0 Å². The average Bonchev–Trinajstić information content (AvgIpc) is 2.40. The number of aliphatic hydroxyl groups is 1. The Balaban J connectivity index is 2.05. The van der Waals surface area contributed by atoms with Gasteiger partial charge in [-0.25, -0.2) is 4.39 Å². The molecule has 1 aromatic carbocycles. The molecule has 0 aliphatic carbocycles. The molecule has 0 aromatic heterocycles. The summed E-state index contributed by atoms with van der Waals surface area (Å²) in [6, 6.07) is 4.39. The summed E-state index contributed by atoms with van der Waals surface area (Å²) in [7, 11) is 1.55. The van der Waals surface area contributed by atoms with E-state index in [-0.39, 0.29) is 11.7 Å². The van der Waals surface area contributed by atoms with Crippen molar-refractivity contribution in [2.45, 2.75) is 25.4 Å². The maximum atomic E-state index is 13.2. The lowest BCUT2D eigenvalue weighted by molar-refractivity contribution is 0.00820. The van der Waals surface area contributed by atoms with E-state index in [1.54, 1.807) is 13.2 Å². The lowest BCUT2D eigenvalue weighted by Crippen LogP contribution is -2.29. The van der Waals surface area contributed by atoms with E-state index >= 15 is 0 Å². The Morgan fingerprint density at radius 1 is 1.44 bits per heavy atom. The van der Waals surface area contributed by atoms with Crippen molar-refractivity contribution in [1.82, 2.24) is 0 Å². The highest BCUT2D eigenvalue weighted by molar-refractivity contribution is 5.34. The predicted octanol–water partition coefficient (Wildman–Crippen LogP) is 2.16. The fourth-order valence-corrected chi connectivity index (χ4v) is 2.40. The van der Waals surface area contributed by atoms with Crippen molar-refractivity contribution in [2.24, 2.45) is 5.92 Å². The third kappa shape index (κ3) is 3.21. The molecule has 1 heterocycles. The predicted molar refractivity (Wildman–Crippen MR) is 66.2 cm³/mol. The number of hydrogen-bond acceptors (Lipinski definition) is 3. The third-order valence-electron chi connectivity index (χ3n) is 3.48. The Hall–Kier alpha value is -1.13. The van der Waals surface area contributed by atoms with Gasteiger partial charge in [0.15, 0.2) is 0 Å². The van der Waals surface area contributed by atoms with Gasteiger partial charge in [0.2, 0.25) is 0 Å². The second-order valence-corrected chi connectivity index (χ2v) is 4.68. The highest BCUT2D eigenvalue weighted by Gasteiger charge is 2.23. The van der Waals surface area contributed by atoms with E-state index in [2.05, 4.69) is 0 Å². The summed E-state index contributed by atoms with van der Waals surface area (Å²) in [5.74, 6) is 0.555. The van der Waals surface area contributed by atoms with Crippen LogP contribution < -0.4 is 4.74 Å². The Kier molecular flexibility index (Phi) is 4.55. The smallest absolute Gasteiger partial charge is 0.123 e. The van der Waals surface area contributed by atoms with Gasteiger partial charge in [0.25, 0.3) is 0 Å². The number of methoxy groups -OCH3 is 1. The molecule has 18 heavy (non-hydrogen) atoms. The molecular formula is C14H19FO3. The van der Waals surface area contributed by atoms with Gasteiger partial charge >= 0.3 is 0 Å². The Morgan fingerprint density at radius 2 is 2.17 bits per heavy atom. The summed E-state index contributed by atoms with van der Waals surface area (Å²) < 4.78 is 23.7. The zero-order chi connectivity index (χ0) is 13.0. The minimum atomic E-state index is -0.468. The molecule has 100 valence electrons. The highest BCUT2D eigenvalue weighted by atomic mass is 19.1. The van der Waals surface area contributed by atoms with Crippen molar-refractivity contribution in [2.75, 3.05) is 20.3 Å². The fraction of sp³-hybridized carbons (Fsp3) is 0.571. The summed E-state index contributed by atoms with van der Waals surface area (Å²) in [6.07, 6.45) is 1.67. The molecule has 0 unspecified atom stereocenters. The average molecular weight is 254 g/mol. The number of hydrogen-bond donors (Lipinski definition) is 1. The summed E-state index contributed by atoms with van der Waals surface area (Å²) in [4.78, 5) is 0. The molecule has 1 aliphatic heterocycles. The highest BCUT2D eigenvalue weighted by Crippen LogP contribution is 2.26. The van der Waals surface area contributed by atoms with Gasteiger partial charge in [-0.05, 0) is 42.5 Å². The second-order valence-electron chi connectivity index (χ2n) is 4.68. The third-order valence-corrected chi connectivity index (χ3v) is 3.48. The standard InChI is InChI=1S/C14H19FO3/c1-17-14-3-2-12(15)8-11(14)9-13(16)10-4-6-18-7-5-10/h2-3,8,10,13,16H,4-7,9H2,1H3/t13-/m1/s1. The molecule has 1 aliphatic rings. The number of rotatable bonds is 4. The van der Waals surface area contributed by atoms with Crippen molar-refractivity contribution in [1.29, 1.82) is 0 Å². The zero-order valence-corrected chi connectivity index (χ0v) is 10.6. The van der Waals surface area contributed by atoms with Gasteiger partial charge in [0.1, 0.15) is 11.6 Å². The quantitative estimate of drug-likeness (QED) is 0.895. The molecule has 1 fully saturated rings. The molecule has 1 N–H and O–H groups in total. The van der Waals surface area contributed by atoms with E-state index in [1.807, 2.05) is 0 Å². The zero-order valence-electron chi connectivity index (χ0n) is 10.6. The Bertz CT molecular complexity index is 389. The van der Waals surface area contributed by atoms with Crippen LogP contribution in [0.3, 0.4) is 0 Å². The maximum Gasteiger partial charge on any atom is 0.123 e. The van der Waals surface area contributed by atoms with Gasteiger partial charge in [-0.15, -0.1) is 0 Å². The second kappa shape index (κ2) is 6.16. The van der Waals surface area contributed by atoms with Crippen molar-refractivity contribution < 1.29 is 19.0 Å². The van der Waals surface area contributed by atoms with Gasteiger partial charge in [-0.3, -0.25) is 0 Å². The molecule has 3 nitrogen and oxygen atoms in total. The van der Waals surface area contributed by atoms with Crippen LogP contribution in [-0.2, 0) is 11.2 Å². The lowest BCUT2D eigenvalue weighted by atomic mass is 9.89. The molecule has 0 radical (unpaired) electrons. The Morgan fingerprint density at radius 3 is 2.83 bits per heavy atom. The number of ether oxygens (including phenoxy) is 2. The van der Waals surface area contributed by atoms with Crippen LogP contribution in [0.25, 0.3) is 0 Å². The first-order valence-electron chi connectivity index (χ1n) is 6.29.